The fourth-order valence-corrected chi connectivity index (χ4v) is 2.34. The van der Waals surface area contributed by atoms with Gasteiger partial charge in [0, 0.05) is 24.5 Å². The Bertz CT molecular complexity index is 574. The first kappa shape index (κ1) is 12.1. The molecule has 3 rings (SSSR count). The molecule has 6 nitrogen and oxygen atoms in total. The molecule has 19 heavy (non-hydrogen) atoms. The molecule has 100 valence electrons. The molecule has 2 N–H and O–H groups in total. The van der Waals surface area contributed by atoms with Gasteiger partial charge in [-0.15, -0.1) is 5.10 Å². The maximum absolute atomic E-state index is 5.96. The number of nitrogens with two attached hydrogens (primary N) is 1. The number of aromatic nitrogens is 4. The number of anilines is 1. The molecular formula is C13H17N5O. The zero-order chi connectivity index (χ0) is 13.2. The van der Waals surface area contributed by atoms with Gasteiger partial charge in [0.15, 0.2) is 5.82 Å². The second kappa shape index (κ2) is 4.97. The third-order valence-corrected chi connectivity index (χ3v) is 3.57. The predicted molar refractivity (Wildman–Crippen MR) is 71.5 cm³/mol. The molecule has 0 amide bonds. The van der Waals surface area contributed by atoms with Crippen LogP contribution in [0.25, 0.3) is 11.4 Å². The lowest BCUT2D eigenvalue weighted by Gasteiger charge is -2.22. The Labute approximate surface area is 111 Å². The minimum absolute atomic E-state index is 0.307. The molecule has 6 heteroatoms. The van der Waals surface area contributed by atoms with Crippen LogP contribution in [0, 0.1) is 6.92 Å². The van der Waals surface area contributed by atoms with Crippen molar-refractivity contribution in [2.24, 2.45) is 0 Å². The van der Waals surface area contributed by atoms with E-state index < -0.39 is 0 Å². The fourth-order valence-electron chi connectivity index (χ4n) is 2.34. The van der Waals surface area contributed by atoms with Gasteiger partial charge in [-0.1, -0.05) is 12.1 Å². The molecule has 0 spiro atoms. The van der Waals surface area contributed by atoms with Gasteiger partial charge in [-0.25, -0.2) is 4.68 Å². The van der Waals surface area contributed by atoms with Gasteiger partial charge in [-0.05, 0) is 41.8 Å². The maximum Gasteiger partial charge on any atom is 0.182 e. The van der Waals surface area contributed by atoms with E-state index in [4.69, 9.17) is 10.5 Å². The number of hydrogen-bond acceptors (Lipinski definition) is 5. The average Bonchev–Trinajstić information content (AvgIpc) is 2.92. The van der Waals surface area contributed by atoms with E-state index in [2.05, 4.69) is 15.5 Å². The summed E-state index contributed by atoms with van der Waals surface area (Å²) in [6.45, 7) is 3.51. The van der Waals surface area contributed by atoms with Crippen LogP contribution in [-0.4, -0.2) is 33.4 Å². The maximum atomic E-state index is 5.96. The Morgan fingerprint density at radius 2 is 2.11 bits per heavy atom. The number of ether oxygens (including phenoxy) is 1. The third kappa shape index (κ3) is 2.31. The van der Waals surface area contributed by atoms with Crippen molar-refractivity contribution >= 4 is 5.69 Å². The summed E-state index contributed by atoms with van der Waals surface area (Å²) >= 11 is 0. The van der Waals surface area contributed by atoms with Crippen LogP contribution >= 0.6 is 0 Å². The number of rotatable bonds is 2. The molecule has 0 unspecified atom stereocenters. The van der Waals surface area contributed by atoms with Crippen molar-refractivity contribution in [2.75, 3.05) is 18.9 Å². The van der Waals surface area contributed by atoms with Gasteiger partial charge in [0.1, 0.15) is 0 Å². The zero-order valence-corrected chi connectivity index (χ0v) is 10.9. The van der Waals surface area contributed by atoms with E-state index in [0.29, 0.717) is 6.04 Å². The van der Waals surface area contributed by atoms with E-state index >= 15 is 0 Å². The lowest BCUT2D eigenvalue weighted by atomic mass is 10.1. The highest BCUT2D eigenvalue weighted by Gasteiger charge is 2.21. The summed E-state index contributed by atoms with van der Waals surface area (Å²) < 4.78 is 7.27. The Morgan fingerprint density at radius 3 is 2.84 bits per heavy atom. The van der Waals surface area contributed by atoms with Gasteiger partial charge < -0.3 is 10.5 Å². The van der Waals surface area contributed by atoms with E-state index in [-0.39, 0.29) is 0 Å². The highest BCUT2D eigenvalue weighted by atomic mass is 16.5. The van der Waals surface area contributed by atoms with Crippen molar-refractivity contribution in [2.45, 2.75) is 25.8 Å². The summed E-state index contributed by atoms with van der Waals surface area (Å²) in [7, 11) is 0. The first-order chi connectivity index (χ1) is 9.25. The molecule has 1 saturated heterocycles. The number of nitrogen functional groups attached to an aromatic ring is 1. The molecule has 1 aliphatic rings. The summed E-state index contributed by atoms with van der Waals surface area (Å²) in [6, 6.07) is 6.24. The summed E-state index contributed by atoms with van der Waals surface area (Å²) in [5.41, 5.74) is 8.74. The quantitative estimate of drug-likeness (QED) is 0.828. The van der Waals surface area contributed by atoms with Crippen molar-refractivity contribution in [3.05, 3.63) is 23.8 Å². The van der Waals surface area contributed by atoms with Crippen LogP contribution in [0.5, 0.6) is 0 Å². The Morgan fingerprint density at radius 1 is 1.32 bits per heavy atom. The van der Waals surface area contributed by atoms with Crippen LogP contribution in [0.2, 0.25) is 0 Å². The second-order valence-corrected chi connectivity index (χ2v) is 4.86. The largest absolute Gasteiger partial charge is 0.398 e. The van der Waals surface area contributed by atoms with Gasteiger partial charge >= 0.3 is 0 Å². The standard InChI is InChI=1S/C13H17N5O/c1-9-2-3-10(8-12(9)14)13-15-16-17-18(13)11-4-6-19-7-5-11/h2-3,8,11H,4-7,14H2,1H3. The van der Waals surface area contributed by atoms with Gasteiger partial charge in [0.2, 0.25) is 0 Å². The van der Waals surface area contributed by atoms with Crippen LogP contribution in [0.4, 0.5) is 5.69 Å². The van der Waals surface area contributed by atoms with Gasteiger partial charge in [0.05, 0.1) is 6.04 Å². The van der Waals surface area contributed by atoms with Crippen molar-refractivity contribution < 1.29 is 4.74 Å². The lowest BCUT2D eigenvalue weighted by molar-refractivity contribution is 0.0662. The normalized spacial score (nSPS) is 16.7. The van der Waals surface area contributed by atoms with Crippen molar-refractivity contribution in [1.29, 1.82) is 0 Å². The van der Waals surface area contributed by atoms with Crippen molar-refractivity contribution in [1.82, 2.24) is 20.2 Å². The number of nitrogens with zero attached hydrogens (tertiary/aromatic N) is 4. The first-order valence-electron chi connectivity index (χ1n) is 6.48. The molecular weight excluding hydrogens is 242 g/mol. The lowest BCUT2D eigenvalue weighted by Crippen LogP contribution is -2.21. The number of aryl methyl sites for hydroxylation is 1. The molecule has 2 aromatic rings. The zero-order valence-electron chi connectivity index (χ0n) is 10.9. The molecule has 0 saturated carbocycles. The van der Waals surface area contributed by atoms with E-state index in [0.717, 1.165) is 48.7 Å². The molecule has 0 bridgehead atoms. The Hall–Kier alpha value is -1.95. The Kier molecular flexibility index (Phi) is 3.16. The predicted octanol–water partition coefficient (Wildman–Crippen LogP) is 1.58. The molecule has 1 aliphatic heterocycles. The van der Waals surface area contributed by atoms with Crippen molar-refractivity contribution in [3.63, 3.8) is 0 Å². The Balaban J connectivity index is 1.96. The SMILES string of the molecule is Cc1ccc(-c2nnnn2C2CCOCC2)cc1N. The second-order valence-electron chi connectivity index (χ2n) is 4.86. The summed E-state index contributed by atoms with van der Waals surface area (Å²) in [5, 5.41) is 12.1. The highest BCUT2D eigenvalue weighted by molar-refractivity contribution is 5.63. The van der Waals surface area contributed by atoms with Crippen LogP contribution in [0.15, 0.2) is 18.2 Å². The topological polar surface area (TPSA) is 78.8 Å². The smallest absolute Gasteiger partial charge is 0.182 e. The van der Waals surface area contributed by atoms with Crippen LogP contribution in [0.1, 0.15) is 24.4 Å². The summed E-state index contributed by atoms with van der Waals surface area (Å²) in [4.78, 5) is 0. The molecule has 0 radical (unpaired) electrons. The monoisotopic (exact) mass is 259 g/mol. The van der Waals surface area contributed by atoms with Crippen molar-refractivity contribution in [3.8, 4) is 11.4 Å². The molecule has 1 fully saturated rings. The molecule has 2 heterocycles. The summed E-state index contributed by atoms with van der Waals surface area (Å²) in [6.07, 6.45) is 1.89. The minimum atomic E-state index is 0.307. The number of tetrazole rings is 1. The van der Waals surface area contributed by atoms with Crippen LogP contribution in [0.3, 0.4) is 0 Å². The van der Waals surface area contributed by atoms with Gasteiger partial charge in [-0.2, -0.15) is 0 Å². The number of hydrogen-bond donors (Lipinski definition) is 1. The molecule has 0 atom stereocenters. The van der Waals surface area contributed by atoms with E-state index in [1.54, 1.807) is 0 Å². The van der Waals surface area contributed by atoms with Gasteiger partial charge in [-0.3, -0.25) is 0 Å². The van der Waals surface area contributed by atoms with Crippen LogP contribution < -0.4 is 5.73 Å². The van der Waals surface area contributed by atoms with Crippen LogP contribution in [-0.2, 0) is 4.74 Å². The minimum Gasteiger partial charge on any atom is -0.398 e. The number of benzene rings is 1. The molecule has 1 aromatic heterocycles. The fraction of sp³-hybridized carbons (Fsp3) is 0.462. The van der Waals surface area contributed by atoms with Gasteiger partial charge in [0.25, 0.3) is 0 Å². The molecule has 1 aromatic carbocycles. The first-order valence-corrected chi connectivity index (χ1v) is 6.48. The summed E-state index contributed by atoms with van der Waals surface area (Å²) in [5.74, 6) is 0.776. The van der Waals surface area contributed by atoms with E-state index in [1.165, 1.54) is 0 Å². The highest BCUT2D eigenvalue weighted by Crippen LogP contribution is 2.27. The van der Waals surface area contributed by atoms with E-state index in [9.17, 15) is 0 Å². The average molecular weight is 259 g/mol. The molecule has 0 aliphatic carbocycles. The van der Waals surface area contributed by atoms with E-state index in [1.807, 2.05) is 29.8 Å². The third-order valence-electron chi connectivity index (χ3n) is 3.57.